The molecule has 0 radical (unpaired) electrons. The Balaban J connectivity index is 1.27. The molecule has 2 aromatic carbocycles. The molecule has 3 aromatic rings. The van der Waals surface area contributed by atoms with Gasteiger partial charge in [0, 0.05) is 11.6 Å². The van der Waals surface area contributed by atoms with Gasteiger partial charge in [0.15, 0.2) is 11.6 Å². The van der Waals surface area contributed by atoms with E-state index in [2.05, 4.69) is 10.2 Å². The molecular weight excluding hydrogens is 371 g/mol. The maximum Gasteiger partial charge on any atom is 0.227 e. The van der Waals surface area contributed by atoms with E-state index < -0.39 is 5.82 Å². The highest BCUT2D eigenvalue weighted by atomic mass is 19.1. The minimum absolute atomic E-state index is 0.00260. The van der Waals surface area contributed by atoms with Crippen LogP contribution in [0.15, 0.2) is 71.3 Å². The number of benzene rings is 2. The highest BCUT2D eigenvalue weighted by Crippen LogP contribution is 2.26. The van der Waals surface area contributed by atoms with Gasteiger partial charge in [-0.05, 0) is 74.5 Å². The van der Waals surface area contributed by atoms with Crippen molar-refractivity contribution in [3.63, 3.8) is 0 Å². The summed E-state index contributed by atoms with van der Waals surface area (Å²) in [7, 11) is 0. The van der Waals surface area contributed by atoms with Crippen molar-refractivity contribution in [1.29, 1.82) is 0 Å². The van der Waals surface area contributed by atoms with Crippen molar-refractivity contribution in [3.05, 3.63) is 78.5 Å². The van der Waals surface area contributed by atoms with Crippen LogP contribution in [0, 0.1) is 11.7 Å². The number of para-hydroxylation sites is 1. The largest absolute Gasteiger partial charge is 0.468 e. The Kier molecular flexibility index (Phi) is 5.91. The molecule has 6 heteroatoms. The third-order valence-electron chi connectivity index (χ3n) is 5.10. The molecule has 29 heavy (non-hydrogen) atoms. The number of hydrogen-bond donors (Lipinski definition) is 1. The van der Waals surface area contributed by atoms with Crippen molar-refractivity contribution >= 4 is 11.6 Å². The Hall–Kier alpha value is -3.12. The maximum absolute atomic E-state index is 13.7. The van der Waals surface area contributed by atoms with Gasteiger partial charge in [-0.25, -0.2) is 4.39 Å². The summed E-state index contributed by atoms with van der Waals surface area (Å²) >= 11 is 0. The summed E-state index contributed by atoms with van der Waals surface area (Å²) < 4.78 is 24.6. The van der Waals surface area contributed by atoms with E-state index in [0.29, 0.717) is 11.4 Å². The lowest BCUT2D eigenvalue weighted by Crippen LogP contribution is -2.37. The number of anilines is 1. The lowest BCUT2D eigenvalue weighted by Gasteiger charge is -2.30. The van der Waals surface area contributed by atoms with Gasteiger partial charge < -0.3 is 14.5 Å². The van der Waals surface area contributed by atoms with E-state index in [1.54, 1.807) is 48.7 Å². The number of furan rings is 1. The molecule has 1 aliphatic heterocycles. The first-order valence-electron chi connectivity index (χ1n) is 9.75. The van der Waals surface area contributed by atoms with E-state index in [4.69, 9.17) is 9.15 Å². The van der Waals surface area contributed by atoms with Gasteiger partial charge in [-0.3, -0.25) is 9.69 Å². The zero-order valence-corrected chi connectivity index (χ0v) is 16.0. The quantitative estimate of drug-likeness (QED) is 0.635. The standard InChI is InChI=1S/C23H23FN2O3/c24-21-5-1-2-6-22(21)29-19-9-7-18(8-10-19)25-23(27)17-11-13-26(14-12-17)16-20-4-3-15-28-20/h1-10,15,17H,11-14,16H2,(H,25,27). The molecule has 0 bridgehead atoms. The van der Waals surface area contributed by atoms with Crippen LogP contribution in [0.1, 0.15) is 18.6 Å². The lowest BCUT2D eigenvalue weighted by atomic mass is 9.95. The predicted molar refractivity (Wildman–Crippen MR) is 108 cm³/mol. The Morgan fingerprint density at radius 1 is 1.07 bits per heavy atom. The second-order valence-corrected chi connectivity index (χ2v) is 7.18. The summed E-state index contributed by atoms with van der Waals surface area (Å²) in [4.78, 5) is 14.9. The molecule has 150 valence electrons. The average molecular weight is 394 g/mol. The lowest BCUT2D eigenvalue weighted by molar-refractivity contribution is -0.121. The number of carbonyl (C=O) groups excluding carboxylic acids is 1. The summed E-state index contributed by atoms with van der Waals surface area (Å²) in [6, 6.07) is 17.1. The number of carbonyl (C=O) groups is 1. The number of nitrogens with zero attached hydrogens (tertiary/aromatic N) is 1. The molecule has 0 saturated carbocycles. The van der Waals surface area contributed by atoms with Crippen LogP contribution in [-0.2, 0) is 11.3 Å². The van der Waals surface area contributed by atoms with Crippen molar-refractivity contribution in [2.75, 3.05) is 18.4 Å². The van der Waals surface area contributed by atoms with Gasteiger partial charge in [-0.1, -0.05) is 12.1 Å². The Bertz CT molecular complexity index is 933. The Morgan fingerprint density at radius 3 is 2.52 bits per heavy atom. The molecule has 1 aliphatic rings. The topological polar surface area (TPSA) is 54.7 Å². The number of amides is 1. The van der Waals surface area contributed by atoms with Crippen LogP contribution in [0.5, 0.6) is 11.5 Å². The van der Waals surface area contributed by atoms with Gasteiger partial charge in [0.05, 0.1) is 12.8 Å². The number of halogens is 1. The van der Waals surface area contributed by atoms with Gasteiger partial charge in [0.2, 0.25) is 5.91 Å². The van der Waals surface area contributed by atoms with Crippen LogP contribution in [0.2, 0.25) is 0 Å². The van der Waals surface area contributed by atoms with E-state index in [-0.39, 0.29) is 17.6 Å². The van der Waals surface area contributed by atoms with E-state index >= 15 is 0 Å². The fourth-order valence-electron chi connectivity index (χ4n) is 3.48. The first-order valence-corrected chi connectivity index (χ1v) is 9.75. The number of ether oxygens (including phenoxy) is 1. The molecule has 1 fully saturated rings. The summed E-state index contributed by atoms with van der Waals surface area (Å²) in [5, 5.41) is 2.97. The summed E-state index contributed by atoms with van der Waals surface area (Å²) in [6.45, 7) is 2.52. The van der Waals surface area contributed by atoms with Crippen LogP contribution < -0.4 is 10.1 Å². The second kappa shape index (κ2) is 8.92. The highest BCUT2D eigenvalue weighted by molar-refractivity contribution is 5.92. The van der Waals surface area contributed by atoms with Crippen LogP contribution >= 0.6 is 0 Å². The Morgan fingerprint density at radius 2 is 1.83 bits per heavy atom. The number of likely N-dealkylation sites (tertiary alicyclic amines) is 1. The van der Waals surface area contributed by atoms with Crippen molar-refractivity contribution < 1.29 is 18.3 Å². The monoisotopic (exact) mass is 394 g/mol. The number of rotatable bonds is 6. The molecule has 1 aromatic heterocycles. The van der Waals surface area contributed by atoms with Gasteiger partial charge in [0.25, 0.3) is 0 Å². The summed E-state index contributed by atoms with van der Waals surface area (Å²) in [5.74, 6) is 1.25. The molecule has 1 N–H and O–H groups in total. The van der Waals surface area contributed by atoms with E-state index in [9.17, 15) is 9.18 Å². The average Bonchev–Trinajstić information content (AvgIpc) is 3.25. The molecule has 0 unspecified atom stereocenters. The minimum atomic E-state index is -0.414. The van der Waals surface area contributed by atoms with E-state index in [1.165, 1.54) is 6.07 Å². The highest BCUT2D eigenvalue weighted by Gasteiger charge is 2.25. The molecular formula is C23H23FN2O3. The van der Waals surface area contributed by atoms with Gasteiger partial charge in [-0.15, -0.1) is 0 Å². The van der Waals surface area contributed by atoms with E-state index in [1.807, 2.05) is 12.1 Å². The molecule has 2 heterocycles. The zero-order chi connectivity index (χ0) is 20.1. The second-order valence-electron chi connectivity index (χ2n) is 7.18. The fourth-order valence-corrected chi connectivity index (χ4v) is 3.48. The molecule has 1 saturated heterocycles. The van der Waals surface area contributed by atoms with Crippen LogP contribution in [0.3, 0.4) is 0 Å². The van der Waals surface area contributed by atoms with Gasteiger partial charge in [-0.2, -0.15) is 0 Å². The molecule has 4 rings (SSSR count). The van der Waals surface area contributed by atoms with Crippen LogP contribution in [0.25, 0.3) is 0 Å². The number of nitrogens with one attached hydrogen (secondary N) is 1. The Labute approximate surface area is 169 Å². The molecule has 1 amide bonds. The number of hydrogen-bond acceptors (Lipinski definition) is 4. The smallest absolute Gasteiger partial charge is 0.227 e. The SMILES string of the molecule is O=C(Nc1ccc(Oc2ccccc2F)cc1)C1CCN(Cc2ccco2)CC1. The summed E-state index contributed by atoms with van der Waals surface area (Å²) in [5.41, 5.74) is 0.703. The first-order chi connectivity index (χ1) is 14.2. The zero-order valence-electron chi connectivity index (χ0n) is 16.0. The molecule has 0 atom stereocenters. The van der Waals surface area contributed by atoms with Crippen molar-refractivity contribution in [1.82, 2.24) is 4.90 Å². The minimum Gasteiger partial charge on any atom is -0.468 e. The first kappa shape index (κ1) is 19.2. The predicted octanol–water partition coefficient (Wildman–Crippen LogP) is 5.06. The molecule has 0 spiro atoms. The fraction of sp³-hybridized carbons (Fsp3) is 0.261. The molecule has 5 nitrogen and oxygen atoms in total. The van der Waals surface area contributed by atoms with Crippen molar-refractivity contribution in [2.45, 2.75) is 19.4 Å². The van der Waals surface area contributed by atoms with E-state index in [0.717, 1.165) is 38.2 Å². The van der Waals surface area contributed by atoms with Gasteiger partial charge in [0.1, 0.15) is 11.5 Å². The third kappa shape index (κ3) is 5.03. The third-order valence-corrected chi connectivity index (χ3v) is 5.10. The van der Waals surface area contributed by atoms with Crippen molar-refractivity contribution in [2.24, 2.45) is 5.92 Å². The maximum atomic E-state index is 13.7. The van der Waals surface area contributed by atoms with Crippen molar-refractivity contribution in [3.8, 4) is 11.5 Å². The van der Waals surface area contributed by atoms with Crippen LogP contribution in [-0.4, -0.2) is 23.9 Å². The molecule has 0 aliphatic carbocycles. The number of piperidine rings is 1. The van der Waals surface area contributed by atoms with Gasteiger partial charge >= 0.3 is 0 Å². The van der Waals surface area contributed by atoms with Crippen LogP contribution in [0.4, 0.5) is 10.1 Å². The normalized spacial score (nSPS) is 15.2. The summed E-state index contributed by atoms with van der Waals surface area (Å²) in [6.07, 6.45) is 3.32.